The molecule has 1 heterocycles. The predicted octanol–water partition coefficient (Wildman–Crippen LogP) is 1.81. The van der Waals surface area contributed by atoms with Gasteiger partial charge in [0.2, 0.25) is 5.91 Å². The SMILES string of the molecule is CCC(C)(C)C(=O)N1CCC(OCCCO)CC1. The highest BCUT2D eigenvalue weighted by molar-refractivity contribution is 5.81. The van der Waals surface area contributed by atoms with E-state index in [2.05, 4.69) is 6.92 Å². The molecule has 0 aromatic rings. The molecule has 4 nitrogen and oxygen atoms in total. The van der Waals surface area contributed by atoms with E-state index in [0.717, 1.165) is 32.4 Å². The Morgan fingerprint density at radius 1 is 1.39 bits per heavy atom. The van der Waals surface area contributed by atoms with E-state index in [1.165, 1.54) is 0 Å². The molecule has 0 atom stereocenters. The minimum Gasteiger partial charge on any atom is -0.396 e. The zero-order valence-corrected chi connectivity index (χ0v) is 11.9. The van der Waals surface area contributed by atoms with Crippen molar-refractivity contribution in [2.24, 2.45) is 5.41 Å². The summed E-state index contributed by atoms with van der Waals surface area (Å²) in [5, 5.41) is 8.69. The van der Waals surface area contributed by atoms with E-state index in [4.69, 9.17) is 9.84 Å². The summed E-state index contributed by atoms with van der Waals surface area (Å²) >= 11 is 0. The zero-order chi connectivity index (χ0) is 13.6. The summed E-state index contributed by atoms with van der Waals surface area (Å²) in [5.41, 5.74) is -0.245. The van der Waals surface area contributed by atoms with E-state index in [9.17, 15) is 4.79 Å². The normalized spacial score (nSPS) is 18.1. The number of nitrogens with zero attached hydrogens (tertiary/aromatic N) is 1. The Labute approximate surface area is 110 Å². The number of carbonyl (C=O) groups excluding carboxylic acids is 1. The number of amides is 1. The van der Waals surface area contributed by atoms with Crippen molar-refractivity contribution in [2.45, 2.75) is 52.6 Å². The van der Waals surface area contributed by atoms with Gasteiger partial charge in [0.25, 0.3) is 0 Å². The molecule has 0 aliphatic carbocycles. The van der Waals surface area contributed by atoms with Crippen molar-refractivity contribution in [1.29, 1.82) is 0 Å². The first kappa shape index (κ1) is 15.4. The van der Waals surface area contributed by atoms with Crippen LogP contribution in [-0.4, -0.2) is 48.3 Å². The van der Waals surface area contributed by atoms with Gasteiger partial charge in [0.1, 0.15) is 0 Å². The van der Waals surface area contributed by atoms with Crippen molar-refractivity contribution in [2.75, 3.05) is 26.3 Å². The second-order valence-electron chi connectivity index (χ2n) is 5.68. The van der Waals surface area contributed by atoms with Crippen LogP contribution >= 0.6 is 0 Å². The molecule has 4 heteroatoms. The molecule has 1 N–H and O–H groups in total. The first-order valence-corrected chi connectivity index (χ1v) is 7.03. The molecule has 1 saturated heterocycles. The largest absolute Gasteiger partial charge is 0.396 e. The Morgan fingerprint density at radius 3 is 2.50 bits per heavy atom. The van der Waals surface area contributed by atoms with Gasteiger partial charge in [0, 0.05) is 31.7 Å². The molecule has 0 aromatic carbocycles. The molecule has 0 spiro atoms. The molecule has 1 fully saturated rings. The van der Waals surface area contributed by atoms with Gasteiger partial charge in [-0.1, -0.05) is 20.8 Å². The average molecular weight is 257 g/mol. The molecule has 0 bridgehead atoms. The van der Waals surface area contributed by atoms with Crippen LogP contribution in [0.15, 0.2) is 0 Å². The van der Waals surface area contributed by atoms with Crippen molar-refractivity contribution in [1.82, 2.24) is 4.90 Å². The quantitative estimate of drug-likeness (QED) is 0.738. The summed E-state index contributed by atoms with van der Waals surface area (Å²) in [7, 11) is 0. The maximum atomic E-state index is 12.3. The number of ether oxygens (including phenoxy) is 1. The number of rotatable bonds is 6. The number of aliphatic hydroxyl groups is 1. The van der Waals surface area contributed by atoms with Gasteiger partial charge < -0.3 is 14.7 Å². The van der Waals surface area contributed by atoms with Crippen LogP contribution in [0.5, 0.6) is 0 Å². The van der Waals surface area contributed by atoms with E-state index >= 15 is 0 Å². The maximum Gasteiger partial charge on any atom is 0.228 e. The van der Waals surface area contributed by atoms with Crippen LogP contribution < -0.4 is 0 Å². The van der Waals surface area contributed by atoms with Gasteiger partial charge in [-0.2, -0.15) is 0 Å². The van der Waals surface area contributed by atoms with Gasteiger partial charge in [-0.05, 0) is 25.7 Å². The minimum absolute atomic E-state index is 0.183. The summed E-state index contributed by atoms with van der Waals surface area (Å²) < 4.78 is 5.67. The van der Waals surface area contributed by atoms with E-state index in [-0.39, 0.29) is 24.0 Å². The van der Waals surface area contributed by atoms with Crippen molar-refractivity contribution in [3.8, 4) is 0 Å². The second kappa shape index (κ2) is 7.10. The molecule has 1 amide bonds. The lowest BCUT2D eigenvalue weighted by Crippen LogP contribution is -2.46. The van der Waals surface area contributed by atoms with Gasteiger partial charge in [-0.15, -0.1) is 0 Å². The Balaban J connectivity index is 2.33. The van der Waals surface area contributed by atoms with E-state index < -0.39 is 0 Å². The number of piperidine rings is 1. The molecule has 106 valence electrons. The summed E-state index contributed by atoms with van der Waals surface area (Å²) in [6, 6.07) is 0. The molecular formula is C14H27NO3. The maximum absolute atomic E-state index is 12.3. The number of hydrogen-bond donors (Lipinski definition) is 1. The summed E-state index contributed by atoms with van der Waals surface area (Å²) in [6.07, 6.45) is 3.65. The molecule has 1 aliphatic heterocycles. The summed E-state index contributed by atoms with van der Waals surface area (Å²) in [4.78, 5) is 14.2. The van der Waals surface area contributed by atoms with Gasteiger partial charge >= 0.3 is 0 Å². The average Bonchev–Trinajstić information content (AvgIpc) is 2.39. The van der Waals surface area contributed by atoms with Crippen molar-refractivity contribution < 1.29 is 14.6 Å². The summed E-state index contributed by atoms with van der Waals surface area (Å²) in [6.45, 7) is 8.48. The van der Waals surface area contributed by atoms with Crippen LogP contribution in [0.1, 0.15) is 46.5 Å². The highest BCUT2D eigenvalue weighted by Gasteiger charge is 2.32. The van der Waals surface area contributed by atoms with Crippen LogP contribution in [0, 0.1) is 5.41 Å². The molecule has 18 heavy (non-hydrogen) atoms. The molecule has 1 rings (SSSR count). The Hall–Kier alpha value is -0.610. The van der Waals surface area contributed by atoms with Crippen molar-refractivity contribution in [3.05, 3.63) is 0 Å². The fraction of sp³-hybridized carbons (Fsp3) is 0.929. The van der Waals surface area contributed by atoms with Gasteiger partial charge in [0.05, 0.1) is 6.10 Å². The Kier molecular flexibility index (Phi) is 6.09. The predicted molar refractivity (Wildman–Crippen MR) is 71.3 cm³/mol. The monoisotopic (exact) mass is 257 g/mol. The molecule has 0 radical (unpaired) electrons. The molecule has 1 aliphatic rings. The Morgan fingerprint density at radius 2 is 2.00 bits per heavy atom. The van der Waals surface area contributed by atoms with Crippen LogP contribution in [0.4, 0.5) is 0 Å². The smallest absolute Gasteiger partial charge is 0.228 e. The summed E-state index contributed by atoms with van der Waals surface area (Å²) in [5.74, 6) is 0.263. The van der Waals surface area contributed by atoms with Gasteiger partial charge in [-0.3, -0.25) is 4.79 Å². The van der Waals surface area contributed by atoms with Gasteiger partial charge in [-0.25, -0.2) is 0 Å². The lowest BCUT2D eigenvalue weighted by molar-refractivity contribution is -0.143. The number of hydrogen-bond acceptors (Lipinski definition) is 3. The third kappa shape index (κ3) is 4.25. The lowest BCUT2D eigenvalue weighted by Gasteiger charge is -2.36. The van der Waals surface area contributed by atoms with Crippen LogP contribution in [0.3, 0.4) is 0 Å². The topological polar surface area (TPSA) is 49.8 Å². The Bertz CT molecular complexity index is 258. The first-order valence-electron chi connectivity index (χ1n) is 7.03. The molecule has 0 unspecified atom stereocenters. The fourth-order valence-corrected chi connectivity index (χ4v) is 2.12. The van der Waals surface area contributed by atoms with Gasteiger partial charge in [0.15, 0.2) is 0 Å². The van der Waals surface area contributed by atoms with E-state index in [1.807, 2.05) is 18.7 Å². The van der Waals surface area contributed by atoms with Crippen LogP contribution in [-0.2, 0) is 9.53 Å². The number of carbonyl (C=O) groups is 1. The zero-order valence-electron chi connectivity index (χ0n) is 11.9. The first-order chi connectivity index (χ1) is 8.51. The van der Waals surface area contributed by atoms with Crippen LogP contribution in [0.2, 0.25) is 0 Å². The van der Waals surface area contributed by atoms with Crippen molar-refractivity contribution >= 4 is 5.91 Å². The fourth-order valence-electron chi connectivity index (χ4n) is 2.12. The van der Waals surface area contributed by atoms with Crippen LogP contribution in [0.25, 0.3) is 0 Å². The highest BCUT2D eigenvalue weighted by Crippen LogP contribution is 2.25. The highest BCUT2D eigenvalue weighted by atomic mass is 16.5. The molecule has 0 saturated carbocycles. The number of aliphatic hydroxyl groups excluding tert-OH is 1. The number of likely N-dealkylation sites (tertiary alicyclic amines) is 1. The molecular weight excluding hydrogens is 230 g/mol. The molecule has 0 aromatic heterocycles. The lowest BCUT2D eigenvalue weighted by atomic mass is 9.88. The van der Waals surface area contributed by atoms with E-state index in [1.54, 1.807) is 0 Å². The third-order valence-corrected chi connectivity index (χ3v) is 3.85. The standard InChI is InChI=1S/C14H27NO3/c1-4-14(2,3)13(17)15-8-6-12(7-9-15)18-11-5-10-16/h12,16H,4-11H2,1-3H3. The minimum atomic E-state index is -0.245. The van der Waals surface area contributed by atoms with E-state index in [0.29, 0.717) is 13.0 Å². The second-order valence-corrected chi connectivity index (χ2v) is 5.68. The van der Waals surface area contributed by atoms with Crippen molar-refractivity contribution in [3.63, 3.8) is 0 Å². The third-order valence-electron chi connectivity index (χ3n) is 3.85.